The predicted octanol–water partition coefficient (Wildman–Crippen LogP) is 2.10. The molecule has 23 heavy (non-hydrogen) atoms. The molecule has 2 amide bonds. The van der Waals surface area contributed by atoms with Crippen LogP contribution >= 0.6 is 0 Å². The third-order valence-electron chi connectivity index (χ3n) is 3.05. The summed E-state index contributed by atoms with van der Waals surface area (Å²) in [7, 11) is 0. The van der Waals surface area contributed by atoms with Gasteiger partial charge in [-0.15, -0.1) is 0 Å². The van der Waals surface area contributed by atoms with Crippen molar-refractivity contribution in [3.05, 3.63) is 29.8 Å². The van der Waals surface area contributed by atoms with Gasteiger partial charge in [-0.05, 0) is 37.7 Å². The van der Waals surface area contributed by atoms with Crippen LogP contribution in [0.3, 0.4) is 0 Å². The normalized spacial score (nSPS) is 11.4. The Morgan fingerprint density at radius 1 is 1.04 bits per heavy atom. The summed E-state index contributed by atoms with van der Waals surface area (Å²) in [6.07, 6.45) is -4.41. The fourth-order valence-electron chi connectivity index (χ4n) is 1.88. The van der Waals surface area contributed by atoms with Crippen LogP contribution in [0.15, 0.2) is 24.3 Å². The minimum atomic E-state index is -4.41. The first-order chi connectivity index (χ1) is 10.8. The summed E-state index contributed by atoms with van der Waals surface area (Å²) in [6.45, 7) is 4.68. The van der Waals surface area contributed by atoms with Crippen LogP contribution < -0.4 is 10.6 Å². The summed E-state index contributed by atoms with van der Waals surface area (Å²) in [5.74, 6) is -0.576. The largest absolute Gasteiger partial charge is 0.416 e. The SMILES string of the molecule is CCNC(=O)CN(CC)CC(=O)Nc1ccc(C(F)(F)F)cc1. The first kappa shape index (κ1) is 19.0. The maximum atomic E-state index is 12.5. The van der Waals surface area contributed by atoms with Crippen molar-refractivity contribution in [2.75, 3.05) is 31.5 Å². The molecule has 1 aromatic carbocycles. The van der Waals surface area contributed by atoms with Crippen molar-refractivity contribution in [2.45, 2.75) is 20.0 Å². The number of carbonyl (C=O) groups is 2. The molecule has 0 aliphatic rings. The first-order valence-electron chi connectivity index (χ1n) is 7.22. The molecule has 0 aromatic heterocycles. The van der Waals surface area contributed by atoms with Crippen LogP contribution in [0.25, 0.3) is 0 Å². The standard InChI is InChI=1S/C15H20F3N3O2/c1-3-19-13(22)9-21(4-2)10-14(23)20-12-7-5-11(6-8-12)15(16,17)18/h5-8H,3-4,9-10H2,1-2H3,(H,19,22)(H,20,23). The number of benzene rings is 1. The van der Waals surface area contributed by atoms with Gasteiger partial charge < -0.3 is 10.6 Å². The van der Waals surface area contributed by atoms with E-state index in [1.165, 1.54) is 12.1 Å². The molecule has 0 aliphatic carbocycles. The molecule has 8 heteroatoms. The highest BCUT2D eigenvalue weighted by molar-refractivity contribution is 5.92. The van der Waals surface area contributed by atoms with Gasteiger partial charge in [0.25, 0.3) is 0 Å². The van der Waals surface area contributed by atoms with E-state index < -0.39 is 17.6 Å². The zero-order chi connectivity index (χ0) is 17.5. The average Bonchev–Trinajstić information content (AvgIpc) is 2.46. The van der Waals surface area contributed by atoms with Crippen molar-refractivity contribution < 1.29 is 22.8 Å². The van der Waals surface area contributed by atoms with Gasteiger partial charge >= 0.3 is 6.18 Å². The molecule has 0 heterocycles. The van der Waals surface area contributed by atoms with Crippen molar-refractivity contribution in [1.82, 2.24) is 10.2 Å². The molecule has 1 rings (SSSR count). The molecule has 0 spiro atoms. The van der Waals surface area contributed by atoms with Gasteiger partial charge in [-0.25, -0.2) is 0 Å². The summed E-state index contributed by atoms with van der Waals surface area (Å²) in [5, 5.41) is 5.15. The van der Waals surface area contributed by atoms with Crippen LogP contribution in [-0.4, -0.2) is 42.9 Å². The molecule has 2 N–H and O–H groups in total. The van der Waals surface area contributed by atoms with E-state index in [1.54, 1.807) is 11.8 Å². The van der Waals surface area contributed by atoms with Crippen LogP contribution in [0.5, 0.6) is 0 Å². The molecule has 0 unspecified atom stereocenters. The van der Waals surface area contributed by atoms with Crippen LogP contribution in [0, 0.1) is 0 Å². The minimum Gasteiger partial charge on any atom is -0.355 e. The summed E-state index contributed by atoms with van der Waals surface area (Å²) in [6, 6.07) is 4.20. The molecule has 0 radical (unpaired) electrons. The second kappa shape index (κ2) is 8.52. The van der Waals surface area contributed by atoms with E-state index in [4.69, 9.17) is 0 Å². The smallest absolute Gasteiger partial charge is 0.355 e. The number of hydrogen-bond acceptors (Lipinski definition) is 3. The number of alkyl halides is 3. The Bertz CT molecular complexity index is 530. The summed E-state index contributed by atoms with van der Waals surface area (Å²) >= 11 is 0. The third-order valence-corrected chi connectivity index (χ3v) is 3.05. The maximum absolute atomic E-state index is 12.5. The monoisotopic (exact) mass is 331 g/mol. The van der Waals surface area contributed by atoms with Gasteiger partial charge in [0.1, 0.15) is 0 Å². The number of carbonyl (C=O) groups excluding carboxylic acids is 2. The molecule has 5 nitrogen and oxygen atoms in total. The second-order valence-corrected chi connectivity index (χ2v) is 4.88. The number of amides is 2. The van der Waals surface area contributed by atoms with Gasteiger partial charge in [0, 0.05) is 12.2 Å². The Kier molecular flexibility index (Phi) is 7.02. The Morgan fingerprint density at radius 3 is 2.09 bits per heavy atom. The van der Waals surface area contributed by atoms with E-state index >= 15 is 0 Å². The van der Waals surface area contributed by atoms with Gasteiger partial charge in [-0.2, -0.15) is 13.2 Å². The average molecular weight is 331 g/mol. The third kappa shape index (κ3) is 6.68. The molecule has 0 saturated carbocycles. The summed E-state index contributed by atoms with van der Waals surface area (Å²) in [5.41, 5.74) is -0.501. The second-order valence-electron chi connectivity index (χ2n) is 4.88. The molecule has 0 fully saturated rings. The first-order valence-corrected chi connectivity index (χ1v) is 7.22. The molecule has 0 bridgehead atoms. The molecule has 0 aliphatic heterocycles. The summed E-state index contributed by atoms with van der Waals surface area (Å²) in [4.78, 5) is 25.0. The van der Waals surface area contributed by atoms with Gasteiger partial charge in [0.2, 0.25) is 11.8 Å². The van der Waals surface area contributed by atoms with Gasteiger partial charge in [-0.1, -0.05) is 6.92 Å². The topological polar surface area (TPSA) is 61.4 Å². The fraction of sp³-hybridized carbons (Fsp3) is 0.467. The highest BCUT2D eigenvalue weighted by Crippen LogP contribution is 2.29. The van der Waals surface area contributed by atoms with Crippen molar-refractivity contribution in [2.24, 2.45) is 0 Å². The van der Waals surface area contributed by atoms with Gasteiger partial charge in [0.05, 0.1) is 18.7 Å². The van der Waals surface area contributed by atoms with Crippen molar-refractivity contribution >= 4 is 17.5 Å². The zero-order valence-electron chi connectivity index (χ0n) is 13.0. The Labute approximate surface area is 132 Å². The maximum Gasteiger partial charge on any atom is 0.416 e. The van der Waals surface area contributed by atoms with Gasteiger partial charge in [-0.3, -0.25) is 14.5 Å². The van der Waals surface area contributed by atoms with E-state index in [-0.39, 0.29) is 24.7 Å². The van der Waals surface area contributed by atoms with Crippen molar-refractivity contribution in [1.29, 1.82) is 0 Å². The number of anilines is 1. The van der Waals surface area contributed by atoms with Crippen molar-refractivity contribution in [3.63, 3.8) is 0 Å². The molecular weight excluding hydrogens is 311 g/mol. The Hall–Kier alpha value is -2.09. The number of nitrogens with zero attached hydrogens (tertiary/aromatic N) is 1. The highest BCUT2D eigenvalue weighted by Gasteiger charge is 2.30. The van der Waals surface area contributed by atoms with Gasteiger partial charge in [0.15, 0.2) is 0 Å². The molecule has 0 saturated heterocycles. The predicted molar refractivity (Wildman–Crippen MR) is 80.9 cm³/mol. The number of likely N-dealkylation sites (N-methyl/N-ethyl adjacent to an activating group) is 2. The van der Waals surface area contributed by atoms with Crippen LogP contribution in [0.4, 0.5) is 18.9 Å². The lowest BCUT2D eigenvalue weighted by Gasteiger charge is -2.19. The fourth-order valence-corrected chi connectivity index (χ4v) is 1.88. The van der Waals surface area contributed by atoms with E-state index in [0.717, 1.165) is 12.1 Å². The molecule has 0 atom stereocenters. The number of nitrogens with one attached hydrogen (secondary N) is 2. The Morgan fingerprint density at radius 2 is 1.61 bits per heavy atom. The van der Waals surface area contributed by atoms with E-state index in [0.29, 0.717) is 13.1 Å². The number of halogens is 3. The lowest BCUT2D eigenvalue weighted by molar-refractivity contribution is -0.137. The Balaban J connectivity index is 2.56. The molecule has 1 aromatic rings. The van der Waals surface area contributed by atoms with E-state index in [2.05, 4.69) is 10.6 Å². The van der Waals surface area contributed by atoms with E-state index in [9.17, 15) is 22.8 Å². The summed E-state index contributed by atoms with van der Waals surface area (Å²) < 4.78 is 37.4. The van der Waals surface area contributed by atoms with Crippen LogP contribution in [0.2, 0.25) is 0 Å². The highest BCUT2D eigenvalue weighted by atomic mass is 19.4. The number of rotatable bonds is 7. The lowest BCUT2D eigenvalue weighted by atomic mass is 10.2. The van der Waals surface area contributed by atoms with E-state index in [1.807, 2.05) is 6.92 Å². The quantitative estimate of drug-likeness (QED) is 0.804. The molecule has 128 valence electrons. The van der Waals surface area contributed by atoms with Crippen LogP contribution in [0.1, 0.15) is 19.4 Å². The van der Waals surface area contributed by atoms with Crippen molar-refractivity contribution in [3.8, 4) is 0 Å². The zero-order valence-corrected chi connectivity index (χ0v) is 13.0. The van der Waals surface area contributed by atoms with Crippen LogP contribution in [-0.2, 0) is 15.8 Å². The minimum absolute atomic E-state index is 0.0192. The lowest BCUT2D eigenvalue weighted by Crippen LogP contribution is -2.41. The number of hydrogen-bond donors (Lipinski definition) is 2. The molecular formula is C15H20F3N3O2.